The van der Waals surface area contributed by atoms with Crippen molar-refractivity contribution in [3.63, 3.8) is 0 Å². The highest BCUT2D eigenvalue weighted by molar-refractivity contribution is 6.08. The molecule has 0 radical (unpaired) electrons. The van der Waals surface area contributed by atoms with Crippen molar-refractivity contribution in [1.82, 2.24) is 4.98 Å². The molecule has 0 aliphatic rings. The van der Waals surface area contributed by atoms with E-state index in [1.165, 1.54) is 13.0 Å². The summed E-state index contributed by atoms with van der Waals surface area (Å²) >= 11 is 0. The molecule has 0 spiro atoms. The summed E-state index contributed by atoms with van der Waals surface area (Å²) in [5.41, 5.74) is 4.18. The van der Waals surface area contributed by atoms with Gasteiger partial charge in [-0.3, -0.25) is 9.59 Å². The number of anilines is 1. The Bertz CT molecular complexity index is 878. The second-order valence-corrected chi connectivity index (χ2v) is 6.13. The monoisotopic (exact) mass is 342 g/mol. The number of nitrogens with one attached hydrogen (secondary N) is 2. The van der Waals surface area contributed by atoms with Crippen LogP contribution in [0, 0.1) is 20.8 Å². The van der Waals surface area contributed by atoms with Crippen LogP contribution in [0.1, 0.15) is 67.4 Å². The van der Waals surface area contributed by atoms with Crippen molar-refractivity contribution in [2.24, 2.45) is 0 Å². The minimum atomic E-state index is -1.04. The summed E-state index contributed by atoms with van der Waals surface area (Å²) in [5.74, 6) is -1.53. The first kappa shape index (κ1) is 18.4. The molecule has 6 nitrogen and oxygen atoms in total. The molecule has 2 rings (SSSR count). The maximum absolute atomic E-state index is 12.7. The molecule has 0 atom stereocenters. The van der Waals surface area contributed by atoms with Crippen LogP contribution in [0.25, 0.3) is 0 Å². The molecule has 1 aromatic carbocycles. The molecule has 0 saturated carbocycles. The first-order chi connectivity index (χ1) is 11.7. The van der Waals surface area contributed by atoms with Crippen LogP contribution in [0.5, 0.6) is 0 Å². The number of aryl methyl sites for hydroxylation is 3. The van der Waals surface area contributed by atoms with Crippen LogP contribution in [0.4, 0.5) is 5.69 Å². The molecule has 132 valence electrons. The summed E-state index contributed by atoms with van der Waals surface area (Å²) in [5, 5.41) is 12.0. The third-order valence-corrected chi connectivity index (χ3v) is 4.27. The zero-order chi connectivity index (χ0) is 18.9. The summed E-state index contributed by atoms with van der Waals surface area (Å²) in [6.45, 7) is 8.62. The number of hydrogen-bond acceptors (Lipinski definition) is 3. The van der Waals surface area contributed by atoms with E-state index in [0.717, 1.165) is 5.56 Å². The molecule has 1 heterocycles. The summed E-state index contributed by atoms with van der Waals surface area (Å²) in [7, 11) is 0. The van der Waals surface area contributed by atoms with Crippen molar-refractivity contribution in [2.75, 3.05) is 5.32 Å². The number of hydrogen-bond donors (Lipinski definition) is 3. The number of rotatable bonds is 5. The number of carbonyl (C=O) groups excluding carboxylic acids is 2. The lowest BCUT2D eigenvalue weighted by Gasteiger charge is -2.12. The maximum Gasteiger partial charge on any atom is 0.336 e. The zero-order valence-electron chi connectivity index (χ0n) is 15.0. The van der Waals surface area contributed by atoms with Crippen molar-refractivity contribution >= 4 is 23.3 Å². The highest BCUT2D eigenvalue weighted by Gasteiger charge is 2.22. The fourth-order valence-corrected chi connectivity index (χ4v) is 3.10. The third-order valence-electron chi connectivity index (χ3n) is 4.27. The second-order valence-electron chi connectivity index (χ2n) is 6.13. The Morgan fingerprint density at radius 3 is 2.28 bits per heavy atom. The first-order valence-electron chi connectivity index (χ1n) is 8.05. The van der Waals surface area contributed by atoms with Crippen LogP contribution < -0.4 is 5.32 Å². The Labute approximate surface area is 146 Å². The summed E-state index contributed by atoms with van der Waals surface area (Å²) < 4.78 is 0. The van der Waals surface area contributed by atoms with Gasteiger partial charge in [-0.2, -0.15) is 0 Å². The number of aromatic amines is 1. The average Bonchev–Trinajstić information content (AvgIpc) is 2.86. The Morgan fingerprint density at radius 1 is 1.12 bits per heavy atom. The van der Waals surface area contributed by atoms with Crippen molar-refractivity contribution in [1.29, 1.82) is 0 Å². The Hall–Kier alpha value is -2.89. The van der Waals surface area contributed by atoms with Crippen LogP contribution in [0.15, 0.2) is 12.1 Å². The SMILES string of the molecule is CCc1c(C(=O)Nc2cc(C(=O)O)c(C)cc2C)[nH]c(C)c1C(C)=O. The molecular formula is C19H22N2O4. The van der Waals surface area contributed by atoms with Crippen molar-refractivity contribution in [3.05, 3.63) is 51.3 Å². The first-order valence-corrected chi connectivity index (χ1v) is 8.05. The lowest BCUT2D eigenvalue weighted by Crippen LogP contribution is -2.16. The fraction of sp³-hybridized carbons (Fsp3) is 0.316. The van der Waals surface area contributed by atoms with E-state index in [2.05, 4.69) is 10.3 Å². The van der Waals surface area contributed by atoms with Gasteiger partial charge in [0.15, 0.2) is 5.78 Å². The molecule has 0 fully saturated rings. The number of carboxylic acids is 1. The molecule has 2 aromatic rings. The molecule has 0 aliphatic carbocycles. The van der Waals surface area contributed by atoms with Crippen molar-refractivity contribution in [3.8, 4) is 0 Å². The van der Waals surface area contributed by atoms with E-state index in [-0.39, 0.29) is 11.3 Å². The highest BCUT2D eigenvalue weighted by atomic mass is 16.4. The Balaban J connectivity index is 2.45. The lowest BCUT2D eigenvalue weighted by atomic mass is 10.0. The zero-order valence-corrected chi connectivity index (χ0v) is 15.0. The molecular weight excluding hydrogens is 320 g/mol. The van der Waals surface area contributed by atoms with E-state index in [9.17, 15) is 19.5 Å². The minimum absolute atomic E-state index is 0.0932. The van der Waals surface area contributed by atoms with Gasteiger partial charge in [-0.1, -0.05) is 13.0 Å². The average molecular weight is 342 g/mol. The van der Waals surface area contributed by atoms with E-state index < -0.39 is 11.9 Å². The molecule has 1 aromatic heterocycles. The molecule has 6 heteroatoms. The van der Waals surface area contributed by atoms with E-state index >= 15 is 0 Å². The van der Waals surface area contributed by atoms with Crippen molar-refractivity contribution in [2.45, 2.75) is 41.0 Å². The topological polar surface area (TPSA) is 99.3 Å². The molecule has 3 N–H and O–H groups in total. The predicted octanol–water partition coefficient (Wildman–Crippen LogP) is 3.66. The van der Waals surface area contributed by atoms with Gasteiger partial charge in [0.05, 0.1) is 5.56 Å². The number of amides is 1. The van der Waals surface area contributed by atoms with E-state index in [4.69, 9.17) is 0 Å². The van der Waals surface area contributed by atoms with Gasteiger partial charge in [-0.15, -0.1) is 0 Å². The van der Waals surface area contributed by atoms with Crippen LogP contribution in [-0.2, 0) is 6.42 Å². The smallest absolute Gasteiger partial charge is 0.336 e. The van der Waals surface area contributed by atoms with E-state index in [1.807, 2.05) is 6.92 Å². The Kier molecular flexibility index (Phi) is 5.11. The lowest BCUT2D eigenvalue weighted by molar-refractivity contribution is 0.0695. The van der Waals surface area contributed by atoms with Crippen LogP contribution in [-0.4, -0.2) is 27.8 Å². The Morgan fingerprint density at radius 2 is 1.76 bits per heavy atom. The van der Waals surface area contributed by atoms with Gasteiger partial charge >= 0.3 is 5.97 Å². The van der Waals surface area contributed by atoms with E-state index in [1.54, 1.807) is 26.8 Å². The van der Waals surface area contributed by atoms with Gasteiger partial charge in [0.1, 0.15) is 5.69 Å². The fourth-order valence-electron chi connectivity index (χ4n) is 3.10. The second kappa shape index (κ2) is 6.93. The minimum Gasteiger partial charge on any atom is -0.478 e. The largest absolute Gasteiger partial charge is 0.478 e. The van der Waals surface area contributed by atoms with Crippen LogP contribution in [0.2, 0.25) is 0 Å². The number of benzene rings is 1. The quantitative estimate of drug-likeness (QED) is 0.722. The van der Waals surface area contributed by atoms with Gasteiger partial charge in [-0.25, -0.2) is 4.79 Å². The summed E-state index contributed by atoms with van der Waals surface area (Å²) in [6.07, 6.45) is 0.537. The van der Waals surface area contributed by atoms with Gasteiger partial charge in [0.25, 0.3) is 5.91 Å². The van der Waals surface area contributed by atoms with E-state index in [0.29, 0.717) is 40.2 Å². The maximum atomic E-state index is 12.7. The van der Waals surface area contributed by atoms with Gasteiger partial charge in [0, 0.05) is 16.9 Å². The van der Waals surface area contributed by atoms with Gasteiger partial charge < -0.3 is 15.4 Å². The number of Topliss-reactive ketones (excluding diaryl/α,β-unsaturated/α-hetero) is 1. The highest BCUT2D eigenvalue weighted by Crippen LogP contribution is 2.24. The number of aromatic carboxylic acids is 1. The summed E-state index contributed by atoms with van der Waals surface area (Å²) in [6, 6.07) is 3.18. The third kappa shape index (κ3) is 3.47. The molecule has 1 amide bonds. The van der Waals surface area contributed by atoms with Crippen LogP contribution >= 0.6 is 0 Å². The summed E-state index contributed by atoms with van der Waals surface area (Å²) in [4.78, 5) is 38.8. The number of carbonyl (C=O) groups is 3. The molecule has 25 heavy (non-hydrogen) atoms. The van der Waals surface area contributed by atoms with Crippen molar-refractivity contribution < 1.29 is 19.5 Å². The van der Waals surface area contributed by atoms with Gasteiger partial charge in [0.2, 0.25) is 0 Å². The number of ketones is 1. The molecule has 0 aliphatic heterocycles. The van der Waals surface area contributed by atoms with Gasteiger partial charge in [-0.05, 0) is 56.9 Å². The molecule has 0 bridgehead atoms. The normalized spacial score (nSPS) is 10.6. The predicted molar refractivity (Wildman–Crippen MR) is 95.7 cm³/mol. The molecule has 0 unspecified atom stereocenters. The molecule has 0 saturated heterocycles. The standard InChI is InChI=1S/C19H22N2O4/c1-6-13-16(12(5)22)11(4)20-17(13)18(23)21-15-8-14(19(24)25)9(2)7-10(15)3/h7-8,20H,6H2,1-5H3,(H,21,23)(H,24,25). The number of aromatic nitrogens is 1. The number of carboxylic acid groups (broad SMARTS) is 1. The number of H-pyrrole nitrogens is 1. The van der Waals surface area contributed by atoms with Crippen LogP contribution in [0.3, 0.4) is 0 Å².